The maximum absolute atomic E-state index is 4.74. The number of fused-ring (bicyclic) bond motifs is 1. The van der Waals surface area contributed by atoms with Crippen LogP contribution in [-0.4, -0.2) is 9.97 Å². The number of rotatable bonds is 4. The van der Waals surface area contributed by atoms with Gasteiger partial charge in [-0.05, 0) is 66.6 Å². The molecule has 4 heteroatoms. The molecule has 2 heterocycles. The molecule has 0 bridgehead atoms. The van der Waals surface area contributed by atoms with Crippen molar-refractivity contribution >= 4 is 27.2 Å². The van der Waals surface area contributed by atoms with E-state index in [4.69, 9.17) is 4.98 Å². The first-order valence-electron chi connectivity index (χ1n) is 7.88. The van der Waals surface area contributed by atoms with Crippen LogP contribution in [0.4, 0.5) is 5.69 Å². The molecule has 3 nitrogen and oxygen atoms in total. The van der Waals surface area contributed by atoms with E-state index in [2.05, 4.69) is 59.7 Å². The smallest absolute Gasteiger partial charge is 0.124 e. The van der Waals surface area contributed by atoms with Crippen molar-refractivity contribution in [2.45, 2.75) is 13.5 Å². The third-order valence-electron chi connectivity index (χ3n) is 3.92. The predicted molar refractivity (Wildman–Crippen MR) is 101 cm³/mol. The summed E-state index contributed by atoms with van der Waals surface area (Å²) in [5, 5.41) is 4.49. The van der Waals surface area contributed by atoms with Crippen LogP contribution in [0.3, 0.4) is 0 Å². The molecule has 118 valence electrons. The van der Waals surface area contributed by atoms with Crippen LogP contribution in [0, 0.1) is 6.92 Å². The monoisotopic (exact) mass is 331 g/mol. The van der Waals surface area contributed by atoms with Crippen molar-refractivity contribution in [3.63, 3.8) is 0 Å². The number of nitrogens with one attached hydrogen (secondary N) is 1. The summed E-state index contributed by atoms with van der Waals surface area (Å²) in [5.41, 5.74) is 5.82. The summed E-state index contributed by atoms with van der Waals surface area (Å²) in [7, 11) is 0. The van der Waals surface area contributed by atoms with Gasteiger partial charge < -0.3 is 5.32 Å². The molecule has 24 heavy (non-hydrogen) atoms. The molecule has 0 aliphatic rings. The summed E-state index contributed by atoms with van der Waals surface area (Å²) in [4.78, 5) is 8.77. The van der Waals surface area contributed by atoms with Gasteiger partial charge in [0.25, 0.3) is 0 Å². The number of aryl methyl sites for hydroxylation is 1. The standard InChI is InChI=1S/C20H17N3S/c1-14-2-7-18-19(12-14)24-20(23-18)16-3-5-17(6-4-16)22-13-15-8-10-21-11-9-15/h2-12,22H,13H2,1H3. The van der Waals surface area contributed by atoms with E-state index in [-0.39, 0.29) is 0 Å². The summed E-state index contributed by atoms with van der Waals surface area (Å²) in [6.45, 7) is 2.91. The van der Waals surface area contributed by atoms with Gasteiger partial charge in [-0.25, -0.2) is 4.98 Å². The first kappa shape index (κ1) is 14.8. The average Bonchev–Trinajstić information content (AvgIpc) is 3.04. The number of hydrogen-bond donors (Lipinski definition) is 1. The minimum Gasteiger partial charge on any atom is -0.381 e. The molecule has 0 radical (unpaired) electrons. The fourth-order valence-corrected chi connectivity index (χ4v) is 3.66. The molecule has 0 unspecified atom stereocenters. The zero-order chi connectivity index (χ0) is 16.4. The van der Waals surface area contributed by atoms with E-state index in [9.17, 15) is 0 Å². The Labute approximate surface area is 145 Å². The second-order valence-electron chi connectivity index (χ2n) is 5.78. The lowest BCUT2D eigenvalue weighted by Crippen LogP contribution is -1.98. The third kappa shape index (κ3) is 3.14. The highest BCUT2D eigenvalue weighted by Crippen LogP contribution is 2.31. The first-order valence-corrected chi connectivity index (χ1v) is 8.70. The fourth-order valence-electron chi connectivity index (χ4n) is 2.59. The quantitative estimate of drug-likeness (QED) is 0.553. The van der Waals surface area contributed by atoms with Crippen LogP contribution in [0.15, 0.2) is 67.0 Å². The SMILES string of the molecule is Cc1ccc2nc(-c3ccc(NCc4ccncc4)cc3)sc2c1. The van der Waals surface area contributed by atoms with E-state index in [1.54, 1.807) is 11.3 Å². The lowest BCUT2D eigenvalue weighted by molar-refractivity contribution is 1.13. The largest absolute Gasteiger partial charge is 0.381 e. The van der Waals surface area contributed by atoms with E-state index in [0.29, 0.717) is 0 Å². The molecule has 4 aromatic rings. The van der Waals surface area contributed by atoms with Crippen molar-refractivity contribution in [1.82, 2.24) is 9.97 Å². The topological polar surface area (TPSA) is 37.8 Å². The van der Waals surface area contributed by atoms with Gasteiger partial charge in [-0.15, -0.1) is 11.3 Å². The molecule has 0 aliphatic carbocycles. The summed E-state index contributed by atoms with van der Waals surface area (Å²) >= 11 is 1.74. The van der Waals surface area contributed by atoms with Gasteiger partial charge >= 0.3 is 0 Å². The molecule has 2 aromatic heterocycles. The Morgan fingerprint density at radius 2 is 1.75 bits per heavy atom. The van der Waals surface area contributed by atoms with Gasteiger partial charge in [0.2, 0.25) is 0 Å². The number of pyridine rings is 1. The molecule has 0 fully saturated rings. The Balaban J connectivity index is 1.52. The van der Waals surface area contributed by atoms with Crippen LogP contribution in [0.2, 0.25) is 0 Å². The van der Waals surface area contributed by atoms with Crippen molar-refractivity contribution in [1.29, 1.82) is 0 Å². The number of thiazole rings is 1. The predicted octanol–water partition coefficient (Wildman–Crippen LogP) is 5.28. The van der Waals surface area contributed by atoms with E-state index >= 15 is 0 Å². The van der Waals surface area contributed by atoms with E-state index in [1.807, 2.05) is 24.5 Å². The molecule has 0 spiro atoms. The lowest BCUT2D eigenvalue weighted by Gasteiger charge is -2.06. The van der Waals surface area contributed by atoms with Crippen molar-refractivity contribution in [3.05, 3.63) is 78.1 Å². The summed E-state index contributed by atoms with van der Waals surface area (Å²) in [6.07, 6.45) is 3.63. The highest BCUT2D eigenvalue weighted by Gasteiger charge is 2.06. The van der Waals surface area contributed by atoms with Crippen LogP contribution in [0.5, 0.6) is 0 Å². The van der Waals surface area contributed by atoms with Crippen molar-refractivity contribution in [2.24, 2.45) is 0 Å². The number of anilines is 1. The molecular weight excluding hydrogens is 314 g/mol. The van der Waals surface area contributed by atoms with Crippen LogP contribution in [0.25, 0.3) is 20.8 Å². The summed E-state index contributed by atoms with van der Waals surface area (Å²) in [6, 6.07) is 18.9. The molecule has 0 saturated carbocycles. The highest BCUT2D eigenvalue weighted by molar-refractivity contribution is 7.21. The van der Waals surface area contributed by atoms with Crippen LogP contribution >= 0.6 is 11.3 Å². The molecule has 0 saturated heterocycles. The van der Waals surface area contributed by atoms with Crippen LogP contribution < -0.4 is 5.32 Å². The molecule has 0 amide bonds. The molecule has 4 rings (SSSR count). The van der Waals surface area contributed by atoms with Crippen molar-refractivity contribution in [2.75, 3.05) is 5.32 Å². The minimum atomic E-state index is 0.794. The maximum atomic E-state index is 4.74. The Morgan fingerprint density at radius 3 is 2.54 bits per heavy atom. The van der Waals surface area contributed by atoms with E-state index in [0.717, 1.165) is 28.3 Å². The van der Waals surface area contributed by atoms with Gasteiger partial charge in [0.15, 0.2) is 0 Å². The number of benzene rings is 2. The Morgan fingerprint density at radius 1 is 0.958 bits per heavy atom. The van der Waals surface area contributed by atoms with E-state index < -0.39 is 0 Å². The highest BCUT2D eigenvalue weighted by atomic mass is 32.1. The second-order valence-corrected chi connectivity index (χ2v) is 6.81. The van der Waals surface area contributed by atoms with Gasteiger partial charge in [-0.3, -0.25) is 4.98 Å². The van der Waals surface area contributed by atoms with Crippen molar-refractivity contribution < 1.29 is 0 Å². The fraction of sp³-hybridized carbons (Fsp3) is 0.100. The van der Waals surface area contributed by atoms with Gasteiger partial charge in [-0.1, -0.05) is 6.07 Å². The molecule has 1 N–H and O–H groups in total. The number of nitrogens with zero attached hydrogens (tertiary/aromatic N) is 2. The Hall–Kier alpha value is -2.72. The summed E-state index contributed by atoms with van der Waals surface area (Å²) < 4.78 is 1.24. The van der Waals surface area contributed by atoms with Gasteiger partial charge in [0, 0.05) is 30.2 Å². The molecular formula is C20H17N3S. The van der Waals surface area contributed by atoms with Gasteiger partial charge in [0.05, 0.1) is 10.2 Å². The zero-order valence-corrected chi connectivity index (χ0v) is 14.2. The number of aromatic nitrogens is 2. The lowest BCUT2D eigenvalue weighted by atomic mass is 10.2. The van der Waals surface area contributed by atoms with Gasteiger partial charge in [-0.2, -0.15) is 0 Å². The normalized spacial score (nSPS) is 10.9. The summed E-state index contributed by atoms with van der Waals surface area (Å²) in [5.74, 6) is 0. The molecule has 2 aromatic carbocycles. The van der Waals surface area contributed by atoms with Crippen LogP contribution in [-0.2, 0) is 6.54 Å². The maximum Gasteiger partial charge on any atom is 0.124 e. The van der Waals surface area contributed by atoms with Crippen LogP contribution in [0.1, 0.15) is 11.1 Å². The second kappa shape index (κ2) is 6.42. The number of hydrogen-bond acceptors (Lipinski definition) is 4. The third-order valence-corrected chi connectivity index (χ3v) is 4.99. The Bertz CT molecular complexity index is 959. The molecule has 0 atom stereocenters. The average molecular weight is 331 g/mol. The van der Waals surface area contributed by atoms with Gasteiger partial charge in [0.1, 0.15) is 5.01 Å². The van der Waals surface area contributed by atoms with Crippen molar-refractivity contribution in [3.8, 4) is 10.6 Å². The zero-order valence-electron chi connectivity index (χ0n) is 13.4. The minimum absolute atomic E-state index is 0.794. The molecule has 0 aliphatic heterocycles. The first-order chi connectivity index (χ1) is 11.8. The Kier molecular flexibility index (Phi) is 3.97. The van der Waals surface area contributed by atoms with E-state index in [1.165, 1.54) is 15.8 Å².